The average Bonchev–Trinajstić information content (AvgIpc) is 2.49. The van der Waals surface area contributed by atoms with Crippen molar-refractivity contribution in [3.05, 3.63) is 75.2 Å². The number of benzene rings is 2. The van der Waals surface area contributed by atoms with Gasteiger partial charge in [-0.15, -0.1) is 0 Å². The molecule has 0 fully saturated rings. The number of aromatic nitrogens is 1. The molecule has 3 rings (SSSR count). The van der Waals surface area contributed by atoms with Crippen molar-refractivity contribution in [1.82, 2.24) is 4.98 Å². The van der Waals surface area contributed by atoms with E-state index in [0.29, 0.717) is 16.5 Å². The van der Waals surface area contributed by atoms with E-state index in [9.17, 15) is 9.50 Å². The number of hydrogen-bond donors (Lipinski definition) is 1. The van der Waals surface area contributed by atoms with E-state index in [1.165, 1.54) is 0 Å². The van der Waals surface area contributed by atoms with E-state index in [2.05, 4.69) is 4.98 Å². The Hall–Kier alpha value is -1.53. The van der Waals surface area contributed by atoms with Gasteiger partial charge in [0.05, 0.1) is 5.52 Å². The standard InChI is InChI=1S/C16H11FINO/c17-14-13(15(20)10-6-2-1-3-7-10)11-8-4-5-9-12(11)19-16(14)18/h1-9,15,20H. The maximum absolute atomic E-state index is 14.4. The van der Waals surface area contributed by atoms with Crippen LogP contribution in [0.25, 0.3) is 10.9 Å². The molecule has 0 spiro atoms. The molecule has 1 N–H and O–H groups in total. The van der Waals surface area contributed by atoms with Crippen molar-refractivity contribution >= 4 is 33.5 Å². The Balaban J connectivity index is 2.27. The normalized spacial score (nSPS) is 12.6. The first-order chi connectivity index (χ1) is 9.68. The molecule has 0 aliphatic heterocycles. The molecule has 20 heavy (non-hydrogen) atoms. The molecule has 2 aromatic carbocycles. The summed E-state index contributed by atoms with van der Waals surface area (Å²) in [4.78, 5) is 4.21. The second-order valence-electron chi connectivity index (χ2n) is 4.46. The maximum atomic E-state index is 14.4. The molecule has 0 radical (unpaired) electrons. The van der Waals surface area contributed by atoms with Crippen LogP contribution in [0.4, 0.5) is 4.39 Å². The summed E-state index contributed by atoms with van der Waals surface area (Å²) in [6.07, 6.45) is -1.00. The first-order valence-corrected chi connectivity index (χ1v) is 7.23. The summed E-state index contributed by atoms with van der Waals surface area (Å²) in [5, 5.41) is 11.2. The van der Waals surface area contributed by atoms with Crippen molar-refractivity contribution in [2.45, 2.75) is 6.10 Å². The molecule has 0 aliphatic carbocycles. The Labute approximate surface area is 129 Å². The van der Waals surface area contributed by atoms with Gasteiger partial charge in [0.1, 0.15) is 9.80 Å². The second-order valence-corrected chi connectivity index (χ2v) is 5.48. The molecule has 1 unspecified atom stereocenters. The molecular formula is C16H11FINO. The fraction of sp³-hybridized carbons (Fsp3) is 0.0625. The number of fused-ring (bicyclic) bond motifs is 1. The number of rotatable bonds is 2. The van der Waals surface area contributed by atoms with Crippen LogP contribution >= 0.6 is 22.6 Å². The molecule has 0 aliphatic rings. The molecule has 1 heterocycles. The van der Waals surface area contributed by atoms with Crippen LogP contribution in [-0.2, 0) is 0 Å². The zero-order valence-electron chi connectivity index (χ0n) is 10.4. The maximum Gasteiger partial charge on any atom is 0.161 e. The van der Waals surface area contributed by atoms with E-state index in [0.717, 1.165) is 0 Å². The van der Waals surface area contributed by atoms with Gasteiger partial charge in [0.2, 0.25) is 0 Å². The fourth-order valence-electron chi connectivity index (χ4n) is 2.25. The summed E-state index contributed by atoms with van der Waals surface area (Å²) >= 11 is 1.85. The molecule has 0 saturated heterocycles. The molecule has 0 saturated carbocycles. The molecule has 0 amide bonds. The van der Waals surface area contributed by atoms with Crippen LogP contribution in [0.1, 0.15) is 17.2 Å². The summed E-state index contributed by atoms with van der Waals surface area (Å²) in [5.41, 5.74) is 1.63. The van der Waals surface area contributed by atoms with Crippen molar-refractivity contribution in [2.24, 2.45) is 0 Å². The minimum atomic E-state index is -1.00. The first-order valence-electron chi connectivity index (χ1n) is 6.15. The van der Waals surface area contributed by atoms with Gasteiger partial charge >= 0.3 is 0 Å². The fourth-order valence-corrected chi connectivity index (χ4v) is 2.80. The Kier molecular flexibility index (Phi) is 3.67. The lowest BCUT2D eigenvalue weighted by Gasteiger charge is -2.15. The summed E-state index contributed by atoms with van der Waals surface area (Å²) < 4.78 is 14.7. The number of halogens is 2. The lowest BCUT2D eigenvalue weighted by molar-refractivity contribution is 0.216. The Morgan fingerprint density at radius 1 is 1.00 bits per heavy atom. The topological polar surface area (TPSA) is 33.1 Å². The molecule has 1 aromatic heterocycles. The summed E-state index contributed by atoms with van der Waals surface area (Å²) in [6, 6.07) is 16.3. The first kappa shape index (κ1) is 13.5. The van der Waals surface area contributed by atoms with Crippen LogP contribution in [0.15, 0.2) is 54.6 Å². The minimum absolute atomic E-state index is 0.270. The van der Waals surface area contributed by atoms with Crippen LogP contribution < -0.4 is 0 Å². The predicted octanol–water partition coefficient (Wildman–Crippen LogP) is 4.06. The third kappa shape index (κ3) is 2.29. The van der Waals surface area contributed by atoms with Gasteiger partial charge in [-0.2, -0.15) is 0 Å². The highest BCUT2D eigenvalue weighted by molar-refractivity contribution is 14.1. The largest absolute Gasteiger partial charge is 0.384 e. The van der Waals surface area contributed by atoms with E-state index in [4.69, 9.17) is 0 Å². The summed E-state index contributed by atoms with van der Waals surface area (Å²) in [5.74, 6) is -0.458. The van der Waals surface area contributed by atoms with Gasteiger partial charge in [0, 0.05) is 10.9 Å². The lowest BCUT2D eigenvalue weighted by Crippen LogP contribution is -2.06. The van der Waals surface area contributed by atoms with Crippen LogP contribution in [0.5, 0.6) is 0 Å². The van der Waals surface area contributed by atoms with E-state index in [-0.39, 0.29) is 9.26 Å². The Morgan fingerprint density at radius 2 is 1.65 bits per heavy atom. The lowest BCUT2D eigenvalue weighted by atomic mass is 9.98. The molecule has 100 valence electrons. The highest BCUT2D eigenvalue weighted by Gasteiger charge is 2.21. The smallest absolute Gasteiger partial charge is 0.161 e. The molecule has 4 heteroatoms. The zero-order valence-corrected chi connectivity index (χ0v) is 12.6. The van der Waals surface area contributed by atoms with Crippen LogP contribution in [0, 0.1) is 9.52 Å². The van der Waals surface area contributed by atoms with Gasteiger partial charge in [-0.05, 0) is 34.2 Å². The number of aliphatic hydroxyl groups excluding tert-OH is 1. The minimum Gasteiger partial charge on any atom is -0.384 e. The van der Waals surface area contributed by atoms with Gasteiger partial charge in [-0.1, -0.05) is 48.5 Å². The van der Waals surface area contributed by atoms with Gasteiger partial charge < -0.3 is 5.11 Å². The van der Waals surface area contributed by atoms with Crippen molar-refractivity contribution in [2.75, 3.05) is 0 Å². The van der Waals surface area contributed by atoms with Gasteiger partial charge in [-0.25, -0.2) is 9.37 Å². The molecule has 1 atom stereocenters. The molecular weight excluding hydrogens is 368 g/mol. The van der Waals surface area contributed by atoms with Crippen molar-refractivity contribution in [1.29, 1.82) is 0 Å². The second kappa shape index (κ2) is 5.46. The Bertz CT molecular complexity index is 761. The highest BCUT2D eigenvalue weighted by atomic mass is 127. The third-order valence-electron chi connectivity index (χ3n) is 3.22. The SMILES string of the molecule is OC(c1ccccc1)c1c(F)c(I)nc2ccccc12. The summed E-state index contributed by atoms with van der Waals surface area (Å²) in [6.45, 7) is 0. The van der Waals surface area contributed by atoms with Crippen molar-refractivity contribution in [3.63, 3.8) is 0 Å². The van der Waals surface area contributed by atoms with Crippen LogP contribution in [0.2, 0.25) is 0 Å². The van der Waals surface area contributed by atoms with E-state index in [1.807, 2.05) is 59.0 Å². The van der Waals surface area contributed by atoms with Gasteiger partial charge in [0.25, 0.3) is 0 Å². The van der Waals surface area contributed by atoms with E-state index < -0.39 is 11.9 Å². The molecule has 3 aromatic rings. The monoisotopic (exact) mass is 379 g/mol. The Morgan fingerprint density at radius 3 is 2.40 bits per heavy atom. The van der Waals surface area contributed by atoms with Crippen molar-refractivity contribution < 1.29 is 9.50 Å². The number of pyridine rings is 1. The van der Waals surface area contributed by atoms with Gasteiger partial charge in [-0.3, -0.25) is 0 Å². The number of hydrogen-bond acceptors (Lipinski definition) is 2. The van der Waals surface area contributed by atoms with Crippen LogP contribution in [0.3, 0.4) is 0 Å². The van der Waals surface area contributed by atoms with Gasteiger partial charge in [0.15, 0.2) is 5.82 Å². The van der Waals surface area contributed by atoms with E-state index >= 15 is 0 Å². The predicted molar refractivity (Wildman–Crippen MR) is 84.9 cm³/mol. The average molecular weight is 379 g/mol. The third-order valence-corrected chi connectivity index (χ3v) is 3.93. The summed E-state index contributed by atoms with van der Waals surface area (Å²) in [7, 11) is 0. The number of nitrogens with zero attached hydrogens (tertiary/aromatic N) is 1. The van der Waals surface area contributed by atoms with E-state index in [1.54, 1.807) is 18.2 Å². The quantitative estimate of drug-likeness (QED) is 0.538. The van der Waals surface area contributed by atoms with Crippen molar-refractivity contribution in [3.8, 4) is 0 Å². The van der Waals surface area contributed by atoms with Crippen LogP contribution in [-0.4, -0.2) is 10.1 Å². The molecule has 2 nitrogen and oxygen atoms in total. The molecule has 0 bridgehead atoms. The number of aliphatic hydroxyl groups is 1. The zero-order chi connectivity index (χ0) is 14.1. The highest BCUT2D eigenvalue weighted by Crippen LogP contribution is 2.32. The number of para-hydroxylation sites is 1.